The average molecular weight is 516 g/mol. The zero-order valence-electron chi connectivity index (χ0n) is 19.8. The van der Waals surface area contributed by atoms with E-state index in [-0.39, 0.29) is 22.2 Å². The van der Waals surface area contributed by atoms with Gasteiger partial charge in [-0.3, -0.25) is 4.98 Å². The third-order valence-corrected chi connectivity index (χ3v) is 7.80. The molecule has 2 aromatic heterocycles. The van der Waals surface area contributed by atoms with E-state index in [0.29, 0.717) is 29.0 Å². The van der Waals surface area contributed by atoms with Crippen molar-refractivity contribution >= 4 is 32.4 Å². The van der Waals surface area contributed by atoms with Crippen molar-refractivity contribution in [3.05, 3.63) is 72.7 Å². The molecule has 0 fully saturated rings. The molecule has 0 bridgehead atoms. The van der Waals surface area contributed by atoms with Gasteiger partial charge in [-0.25, -0.2) is 18.4 Å². The molecular formula is C25H24F3N5O2S. The Morgan fingerprint density at radius 1 is 1.00 bits per heavy atom. The van der Waals surface area contributed by atoms with Crippen LogP contribution in [0.15, 0.2) is 72.0 Å². The Morgan fingerprint density at radius 3 is 2.36 bits per heavy atom. The van der Waals surface area contributed by atoms with Gasteiger partial charge < -0.3 is 5.32 Å². The standard InChI is InChI=1S/C25H24F3N5O2S/c1-4-33(16(2)3)36(34,35)19-10-8-18(9-11-19)32-24-20-12-7-17(14-22(20)30-15-31-24)23-21(25(26,27)28)6-5-13-29-23/h5-16H,4H2,1-3H3,(H,30,31,32). The number of fused-ring (bicyclic) bond motifs is 1. The first-order valence-corrected chi connectivity index (χ1v) is 12.6. The molecule has 7 nitrogen and oxygen atoms in total. The van der Waals surface area contributed by atoms with Crippen LogP contribution in [0.4, 0.5) is 24.7 Å². The van der Waals surface area contributed by atoms with Gasteiger partial charge >= 0.3 is 6.18 Å². The van der Waals surface area contributed by atoms with Gasteiger partial charge in [0.2, 0.25) is 10.0 Å². The SMILES string of the molecule is CCN(C(C)C)S(=O)(=O)c1ccc(Nc2ncnc3cc(-c4ncccc4C(F)(F)F)ccc23)cc1. The summed E-state index contributed by atoms with van der Waals surface area (Å²) in [6, 6.07) is 13.1. The van der Waals surface area contributed by atoms with E-state index in [0.717, 1.165) is 6.07 Å². The second-order valence-corrected chi connectivity index (χ2v) is 10.2. The predicted octanol–water partition coefficient (Wildman–Crippen LogP) is 5.87. The molecule has 2 aromatic carbocycles. The third kappa shape index (κ3) is 5.02. The van der Waals surface area contributed by atoms with Gasteiger partial charge in [0.25, 0.3) is 0 Å². The number of rotatable bonds is 7. The molecule has 0 unspecified atom stereocenters. The fourth-order valence-electron chi connectivity index (χ4n) is 3.96. The summed E-state index contributed by atoms with van der Waals surface area (Å²) >= 11 is 0. The van der Waals surface area contributed by atoms with Crippen LogP contribution < -0.4 is 5.32 Å². The molecule has 0 aliphatic heterocycles. The lowest BCUT2D eigenvalue weighted by Gasteiger charge is -2.24. The van der Waals surface area contributed by atoms with Crippen LogP contribution in [0.25, 0.3) is 22.2 Å². The van der Waals surface area contributed by atoms with E-state index in [1.807, 2.05) is 13.8 Å². The third-order valence-electron chi connectivity index (χ3n) is 5.63. The van der Waals surface area contributed by atoms with E-state index < -0.39 is 21.8 Å². The van der Waals surface area contributed by atoms with Gasteiger partial charge in [-0.2, -0.15) is 17.5 Å². The normalized spacial score (nSPS) is 12.4. The number of halogens is 3. The average Bonchev–Trinajstić information content (AvgIpc) is 2.84. The number of hydrogen-bond acceptors (Lipinski definition) is 6. The molecule has 0 aliphatic carbocycles. The van der Waals surface area contributed by atoms with E-state index in [9.17, 15) is 21.6 Å². The smallest absolute Gasteiger partial charge is 0.340 e. The van der Waals surface area contributed by atoms with E-state index >= 15 is 0 Å². The molecule has 4 rings (SSSR count). The summed E-state index contributed by atoms with van der Waals surface area (Å²) in [6.45, 7) is 5.79. The van der Waals surface area contributed by atoms with Crippen molar-refractivity contribution < 1.29 is 21.6 Å². The minimum atomic E-state index is -4.54. The summed E-state index contributed by atoms with van der Waals surface area (Å²) in [5.74, 6) is 0.427. The number of nitrogens with one attached hydrogen (secondary N) is 1. The minimum absolute atomic E-state index is 0.173. The Kier molecular flexibility index (Phi) is 6.96. The lowest BCUT2D eigenvalue weighted by atomic mass is 10.0. The summed E-state index contributed by atoms with van der Waals surface area (Å²) in [7, 11) is -3.63. The molecule has 2 heterocycles. The summed E-state index contributed by atoms with van der Waals surface area (Å²) in [5, 5.41) is 3.71. The molecule has 0 spiro atoms. The Labute approximate surface area is 207 Å². The van der Waals surface area contributed by atoms with Crippen LogP contribution in [0.2, 0.25) is 0 Å². The summed E-state index contributed by atoms with van der Waals surface area (Å²) < 4.78 is 67.5. The molecule has 0 saturated carbocycles. The Balaban J connectivity index is 1.65. The van der Waals surface area contributed by atoms with Crippen LogP contribution in [0.3, 0.4) is 0 Å². The van der Waals surface area contributed by atoms with Crippen molar-refractivity contribution in [2.45, 2.75) is 37.9 Å². The molecule has 188 valence electrons. The van der Waals surface area contributed by atoms with Crippen LogP contribution in [0, 0.1) is 0 Å². The lowest BCUT2D eigenvalue weighted by Crippen LogP contribution is -2.36. The first kappa shape index (κ1) is 25.5. The first-order valence-electron chi connectivity index (χ1n) is 11.2. The van der Waals surface area contributed by atoms with Crippen molar-refractivity contribution in [2.24, 2.45) is 0 Å². The van der Waals surface area contributed by atoms with Crippen molar-refractivity contribution in [3.8, 4) is 11.3 Å². The molecule has 0 saturated heterocycles. The van der Waals surface area contributed by atoms with Gasteiger partial charge in [0.15, 0.2) is 0 Å². The highest BCUT2D eigenvalue weighted by Gasteiger charge is 2.34. The zero-order chi connectivity index (χ0) is 26.1. The van der Waals surface area contributed by atoms with Crippen molar-refractivity contribution in [1.29, 1.82) is 0 Å². The lowest BCUT2D eigenvalue weighted by molar-refractivity contribution is -0.137. The molecule has 1 N–H and O–H groups in total. The Morgan fingerprint density at radius 2 is 1.72 bits per heavy atom. The van der Waals surface area contributed by atoms with Gasteiger partial charge in [-0.15, -0.1) is 0 Å². The van der Waals surface area contributed by atoms with Crippen LogP contribution in [0.5, 0.6) is 0 Å². The van der Waals surface area contributed by atoms with Crippen molar-refractivity contribution in [1.82, 2.24) is 19.3 Å². The highest BCUT2D eigenvalue weighted by atomic mass is 32.2. The van der Waals surface area contributed by atoms with Crippen LogP contribution >= 0.6 is 0 Å². The molecular weight excluding hydrogens is 491 g/mol. The maximum absolute atomic E-state index is 13.4. The van der Waals surface area contributed by atoms with Gasteiger partial charge in [0, 0.05) is 35.4 Å². The number of nitrogens with zero attached hydrogens (tertiary/aromatic N) is 4. The second kappa shape index (κ2) is 9.82. The van der Waals surface area contributed by atoms with Crippen LogP contribution in [-0.4, -0.2) is 40.3 Å². The number of hydrogen-bond donors (Lipinski definition) is 1. The van der Waals surface area contributed by atoms with E-state index in [4.69, 9.17) is 0 Å². The van der Waals surface area contributed by atoms with Crippen molar-refractivity contribution in [2.75, 3.05) is 11.9 Å². The van der Waals surface area contributed by atoms with Gasteiger partial charge in [-0.05, 0) is 62.4 Å². The number of sulfonamides is 1. The highest BCUT2D eigenvalue weighted by molar-refractivity contribution is 7.89. The van der Waals surface area contributed by atoms with Crippen molar-refractivity contribution in [3.63, 3.8) is 0 Å². The number of aromatic nitrogens is 3. The minimum Gasteiger partial charge on any atom is -0.340 e. The first-order chi connectivity index (χ1) is 17.0. The maximum Gasteiger partial charge on any atom is 0.418 e. The van der Waals surface area contributed by atoms with E-state index in [2.05, 4.69) is 20.3 Å². The molecule has 4 aromatic rings. The molecule has 36 heavy (non-hydrogen) atoms. The van der Waals surface area contributed by atoms with Crippen LogP contribution in [-0.2, 0) is 16.2 Å². The van der Waals surface area contributed by atoms with Gasteiger partial charge in [0.05, 0.1) is 21.7 Å². The molecule has 0 radical (unpaired) electrons. The summed E-state index contributed by atoms with van der Waals surface area (Å²) in [6.07, 6.45) is -1.93. The number of benzene rings is 2. The number of pyridine rings is 1. The maximum atomic E-state index is 13.4. The Hall–Kier alpha value is -3.57. The summed E-state index contributed by atoms with van der Waals surface area (Å²) in [5.41, 5.74) is 0.290. The van der Waals surface area contributed by atoms with Crippen LogP contribution in [0.1, 0.15) is 26.3 Å². The van der Waals surface area contributed by atoms with Gasteiger partial charge in [-0.1, -0.05) is 13.0 Å². The second-order valence-electron chi connectivity index (χ2n) is 8.30. The van der Waals surface area contributed by atoms with E-state index in [1.54, 1.807) is 25.1 Å². The monoisotopic (exact) mass is 515 g/mol. The quantitative estimate of drug-likeness (QED) is 0.331. The topological polar surface area (TPSA) is 88.1 Å². The number of alkyl halides is 3. The van der Waals surface area contributed by atoms with E-state index in [1.165, 1.54) is 47.2 Å². The largest absolute Gasteiger partial charge is 0.418 e. The van der Waals surface area contributed by atoms with Gasteiger partial charge in [0.1, 0.15) is 12.1 Å². The zero-order valence-corrected chi connectivity index (χ0v) is 20.6. The number of anilines is 2. The molecule has 0 amide bonds. The predicted molar refractivity (Wildman–Crippen MR) is 132 cm³/mol. The fourth-order valence-corrected chi connectivity index (χ4v) is 5.61. The molecule has 11 heteroatoms. The Bertz CT molecular complexity index is 1490. The molecule has 0 atom stereocenters. The fraction of sp³-hybridized carbons (Fsp3) is 0.240. The molecule has 0 aliphatic rings. The highest BCUT2D eigenvalue weighted by Crippen LogP contribution is 2.37. The summed E-state index contributed by atoms with van der Waals surface area (Å²) in [4.78, 5) is 12.6.